The van der Waals surface area contributed by atoms with Crippen LogP contribution in [0.15, 0.2) is 88.8 Å². The van der Waals surface area contributed by atoms with E-state index in [4.69, 9.17) is 0 Å². The van der Waals surface area contributed by atoms with Crippen LogP contribution >= 0.6 is 11.8 Å². The topological polar surface area (TPSA) is 130 Å². The summed E-state index contributed by atoms with van der Waals surface area (Å²) in [6, 6.07) is 22.3. The molecule has 0 aliphatic rings. The van der Waals surface area contributed by atoms with Gasteiger partial charge in [0.25, 0.3) is 10.0 Å². The standard InChI is InChI=1S/C30H32N4O5S2/c1-3-9-27-32-29(40-2)25(18-28(35)36)34(27)20-22-14-16-23(17-15-22)24-12-7-8-13-26(24)41(38,39)33-30(37)31-19-21-10-5-4-6-11-21/h4-8,10-17H,3,9,18-20H2,1-2H3,(H,35,36)(H2,31,33,37). The Hall–Kier alpha value is -4.09. The Morgan fingerprint density at radius 3 is 2.29 bits per heavy atom. The molecule has 0 fully saturated rings. The van der Waals surface area contributed by atoms with Gasteiger partial charge < -0.3 is 15.0 Å². The van der Waals surface area contributed by atoms with E-state index < -0.39 is 22.0 Å². The van der Waals surface area contributed by atoms with Crippen molar-refractivity contribution in [2.75, 3.05) is 6.26 Å². The highest BCUT2D eigenvalue weighted by atomic mass is 32.2. The van der Waals surface area contributed by atoms with E-state index in [1.54, 1.807) is 18.2 Å². The second-order valence-electron chi connectivity index (χ2n) is 9.36. The average molecular weight is 593 g/mol. The first-order valence-corrected chi connectivity index (χ1v) is 15.8. The smallest absolute Gasteiger partial charge is 0.328 e. The first kappa shape index (κ1) is 29.9. The van der Waals surface area contributed by atoms with Gasteiger partial charge in [-0.1, -0.05) is 79.7 Å². The molecule has 1 aromatic heterocycles. The zero-order chi connectivity index (χ0) is 29.4. The number of thioether (sulfide) groups is 1. The minimum Gasteiger partial charge on any atom is -0.481 e. The molecule has 0 radical (unpaired) electrons. The Morgan fingerprint density at radius 2 is 1.63 bits per heavy atom. The quantitative estimate of drug-likeness (QED) is 0.195. The number of amides is 2. The SMILES string of the molecule is CCCc1nc(SC)c(CC(=O)O)n1Cc1ccc(-c2ccccc2S(=O)(=O)NC(=O)NCc2ccccc2)cc1. The van der Waals surface area contributed by atoms with E-state index in [-0.39, 0.29) is 17.9 Å². The number of carboxylic acids is 1. The fourth-order valence-electron chi connectivity index (χ4n) is 4.50. The van der Waals surface area contributed by atoms with Crippen molar-refractivity contribution in [3.05, 3.63) is 102 Å². The summed E-state index contributed by atoms with van der Waals surface area (Å²) in [6.07, 6.45) is 3.36. The van der Waals surface area contributed by atoms with Gasteiger partial charge in [-0.3, -0.25) is 4.79 Å². The molecule has 0 atom stereocenters. The number of aryl methyl sites for hydroxylation is 1. The van der Waals surface area contributed by atoms with Crippen LogP contribution in [0, 0.1) is 0 Å². The van der Waals surface area contributed by atoms with Gasteiger partial charge in [-0.05, 0) is 35.4 Å². The summed E-state index contributed by atoms with van der Waals surface area (Å²) in [5, 5.41) is 12.8. The molecule has 3 aromatic carbocycles. The number of nitrogens with one attached hydrogen (secondary N) is 2. The molecule has 41 heavy (non-hydrogen) atoms. The van der Waals surface area contributed by atoms with Crippen LogP contribution in [0.1, 0.15) is 36.0 Å². The van der Waals surface area contributed by atoms with Crippen molar-refractivity contribution in [3.63, 3.8) is 0 Å². The molecule has 214 valence electrons. The number of nitrogens with zero attached hydrogens (tertiary/aromatic N) is 2. The molecule has 11 heteroatoms. The summed E-state index contributed by atoms with van der Waals surface area (Å²) >= 11 is 1.43. The molecule has 2 amide bonds. The Balaban J connectivity index is 1.55. The van der Waals surface area contributed by atoms with E-state index in [1.165, 1.54) is 17.8 Å². The van der Waals surface area contributed by atoms with Crippen molar-refractivity contribution in [2.45, 2.75) is 49.2 Å². The minimum atomic E-state index is -4.16. The second-order valence-corrected chi connectivity index (χ2v) is 11.8. The Morgan fingerprint density at radius 1 is 0.951 bits per heavy atom. The van der Waals surface area contributed by atoms with E-state index >= 15 is 0 Å². The lowest BCUT2D eigenvalue weighted by atomic mass is 10.0. The van der Waals surface area contributed by atoms with Gasteiger partial charge in [0.05, 0.1) is 17.0 Å². The normalized spacial score (nSPS) is 11.3. The van der Waals surface area contributed by atoms with Crippen molar-refractivity contribution >= 4 is 33.8 Å². The van der Waals surface area contributed by atoms with Crippen molar-refractivity contribution < 1.29 is 23.1 Å². The van der Waals surface area contributed by atoms with Gasteiger partial charge in [0.1, 0.15) is 10.9 Å². The molecule has 1 heterocycles. The number of aliphatic carboxylic acids is 1. The zero-order valence-corrected chi connectivity index (χ0v) is 24.5. The maximum atomic E-state index is 13.2. The van der Waals surface area contributed by atoms with Crippen LogP contribution in [0.25, 0.3) is 11.1 Å². The van der Waals surface area contributed by atoms with Crippen molar-refractivity contribution in [1.29, 1.82) is 0 Å². The number of hydrogen-bond donors (Lipinski definition) is 3. The lowest BCUT2D eigenvalue weighted by molar-refractivity contribution is -0.136. The van der Waals surface area contributed by atoms with Crippen molar-refractivity contribution in [3.8, 4) is 11.1 Å². The Labute approximate surface area is 244 Å². The molecule has 0 saturated heterocycles. The molecule has 4 aromatic rings. The maximum absolute atomic E-state index is 13.2. The van der Waals surface area contributed by atoms with E-state index in [0.29, 0.717) is 28.4 Å². The van der Waals surface area contributed by atoms with Crippen LogP contribution in [0.3, 0.4) is 0 Å². The maximum Gasteiger partial charge on any atom is 0.328 e. The van der Waals surface area contributed by atoms with Crippen LogP contribution in [-0.2, 0) is 40.7 Å². The van der Waals surface area contributed by atoms with Crippen molar-refractivity contribution in [1.82, 2.24) is 19.6 Å². The molecule has 0 aliphatic heterocycles. The monoisotopic (exact) mass is 592 g/mol. The van der Waals surface area contributed by atoms with Crippen LogP contribution < -0.4 is 10.0 Å². The molecule has 0 saturated carbocycles. The fourth-order valence-corrected chi connectivity index (χ4v) is 6.27. The van der Waals surface area contributed by atoms with E-state index in [1.807, 2.05) is 65.4 Å². The highest BCUT2D eigenvalue weighted by Gasteiger charge is 2.22. The molecule has 4 rings (SSSR count). The molecule has 0 spiro atoms. The van der Waals surface area contributed by atoms with Crippen LogP contribution in [-0.4, -0.2) is 41.3 Å². The van der Waals surface area contributed by atoms with E-state index in [9.17, 15) is 23.1 Å². The van der Waals surface area contributed by atoms with Crippen LogP contribution in [0.4, 0.5) is 4.79 Å². The zero-order valence-electron chi connectivity index (χ0n) is 22.8. The van der Waals surface area contributed by atoms with Crippen LogP contribution in [0.2, 0.25) is 0 Å². The predicted octanol–water partition coefficient (Wildman–Crippen LogP) is 5.09. The van der Waals surface area contributed by atoms with Gasteiger partial charge in [-0.25, -0.2) is 22.9 Å². The van der Waals surface area contributed by atoms with Gasteiger partial charge in [0.15, 0.2) is 0 Å². The predicted molar refractivity (Wildman–Crippen MR) is 159 cm³/mol. The minimum absolute atomic E-state index is 0.0178. The molecular formula is C30H32N4O5S2. The molecule has 9 nitrogen and oxygen atoms in total. The van der Waals surface area contributed by atoms with Gasteiger partial charge in [0, 0.05) is 25.1 Å². The van der Waals surface area contributed by atoms with Gasteiger partial charge >= 0.3 is 12.0 Å². The molecule has 3 N–H and O–H groups in total. The largest absolute Gasteiger partial charge is 0.481 e. The number of carbonyl (C=O) groups is 2. The summed E-state index contributed by atoms with van der Waals surface area (Å²) in [6.45, 7) is 2.68. The first-order valence-electron chi connectivity index (χ1n) is 13.1. The van der Waals surface area contributed by atoms with Crippen LogP contribution in [0.5, 0.6) is 0 Å². The lowest BCUT2D eigenvalue weighted by Gasteiger charge is -2.14. The summed E-state index contributed by atoms with van der Waals surface area (Å²) in [5.41, 5.74) is 3.55. The van der Waals surface area contributed by atoms with Gasteiger partial charge in [-0.15, -0.1) is 11.8 Å². The number of imidazole rings is 1. The number of carboxylic acid groups (broad SMARTS) is 1. The Kier molecular flexibility index (Phi) is 9.85. The summed E-state index contributed by atoms with van der Waals surface area (Å²) in [7, 11) is -4.16. The fraction of sp³-hybridized carbons (Fsp3) is 0.233. The van der Waals surface area contributed by atoms with Crippen molar-refractivity contribution in [2.24, 2.45) is 0 Å². The first-order chi connectivity index (χ1) is 19.7. The Bertz CT molecular complexity index is 1620. The number of rotatable bonds is 12. The average Bonchev–Trinajstić information content (AvgIpc) is 3.27. The summed E-state index contributed by atoms with van der Waals surface area (Å²) < 4.78 is 30.4. The molecule has 0 bridgehead atoms. The number of sulfonamides is 1. The number of carbonyl (C=O) groups excluding carboxylic acids is 1. The third kappa shape index (κ3) is 7.56. The number of aromatic nitrogens is 2. The van der Waals surface area contributed by atoms with Gasteiger partial charge in [-0.2, -0.15) is 0 Å². The van der Waals surface area contributed by atoms with E-state index in [0.717, 1.165) is 29.8 Å². The summed E-state index contributed by atoms with van der Waals surface area (Å²) in [5.74, 6) is -0.0785. The number of hydrogen-bond acceptors (Lipinski definition) is 6. The molecular weight excluding hydrogens is 560 g/mol. The highest BCUT2D eigenvalue weighted by molar-refractivity contribution is 7.98. The third-order valence-electron chi connectivity index (χ3n) is 6.41. The molecule has 0 unspecified atom stereocenters. The summed E-state index contributed by atoms with van der Waals surface area (Å²) in [4.78, 5) is 28.6. The van der Waals surface area contributed by atoms with E-state index in [2.05, 4.69) is 21.9 Å². The lowest BCUT2D eigenvalue weighted by Crippen LogP contribution is -2.39. The van der Waals surface area contributed by atoms with Gasteiger partial charge in [0.2, 0.25) is 0 Å². The number of urea groups is 1. The number of benzene rings is 3. The third-order valence-corrected chi connectivity index (χ3v) is 8.51. The second kappa shape index (κ2) is 13.5. The molecule has 0 aliphatic carbocycles. The highest BCUT2D eigenvalue weighted by Crippen LogP contribution is 2.29.